The zero-order chi connectivity index (χ0) is 7.84. The van der Waals surface area contributed by atoms with E-state index in [4.69, 9.17) is 5.73 Å². The molecule has 0 amide bonds. The Bertz CT molecular complexity index is 389. The number of imidazole rings is 1. The van der Waals surface area contributed by atoms with Crippen LogP contribution in [0.2, 0.25) is 0 Å². The molecule has 0 aromatic carbocycles. The van der Waals surface area contributed by atoms with E-state index in [0.717, 1.165) is 11.3 Å². The molecule has 3 heteroatoms. The molecule has 0 unspecified atom stereocenters. The average molecular weight is 147 g/mol. The van der Waals surface area contributed by atoms with Crippen LogP contribution in [0, 0.1) is 6.92 Å². The Hall–Kier alpha value is -1.51. The van der Waals surface area contributed by atoms with E-state index in [1.165, 1.54) is 0 Å². The van der Waals surface area contributed by atoms with Gasteiger partial charge in [-0.05, 0) is 19.1 Å². The lowest BCUT2D eigenvalue weighted by Crippen LogP contribution is -1.95. The second-order valence-electron chi connectivity index (χ2n) is 2.54. The minimum absolute atomic E-state index is 0.693. The third kappa shape index (κ3) is 0.774. The summed E-state index contributed by atoms with van der Waals surface area (Å²) in [5.74, 6) is 0.693. The van der Waals surface area contributed by atoms with Gasteiger partial charge in [0, 0.05) is 5.69 Å². The van der Waals surface area contributed by atoms with Gasteiger partial charge in [0.1, 0.15) is 11.5 Å². The lowest BCUT2D eigenvalue weighted by atomic mass is 10.4. The van der Waals surface area contributed by atoms with Crippen molar-refractivity contribution in [1.29, 1.82) is 0 Å². The maximum Gasteiger partial charge on any atom is 0.138 e. The number of nitrogen functional groups attached to an aromatic ring is 1. The monoisotopic (exact) mass is 147 g/mol. The fraction of sp³-hybridized carbons (Fsp3) is 0.125. The smallest absolute Gasteiger partial charge is 0.138 e. The van der Waals surface area contributed by atoms with Crippen LogP contribution in [-0.4, -0.2) is 9.38 Å². The fourth-order valence-electron chi connectivity index (χ4n) is 1.23. The first-order valence-electron chi connectivity index (χ1n) is 3.47. The molecular weight excluding hydrogens is 138 g/mol. The van der Waals surface area contributed by atoms with Crippen LogP contribution in [0.5, 0.6) is 0 Å². The highest BCUT2D eigenvalue weighted by molar-refractivity contribution is 5.49. The van der Waals surface area contributed by atoms with Gasteiger partial charge >= 0.3 is 0 Å². The zero-order valence-electron chi connectivity index (χ0n) is 6.28. The molecule has 0 saturated carbocycles. The van der Waals surface area contributed by atoms with Gasteiger partial charge in [0.25, 0.3) is 0 Å². The number of nitrogens with two attached hydrogens (primary N) is 1. The summed E-state index contributed by atoms with van der Waals surface area (Å²) < 4.78 is 1.92. The Kier molecular flexibility index (Phi) is 1.12. The van der Waals surface area contributed by atoms with Crippen molar-refractivity contribution in [2.75, 3.05) is 5.73 Å². The van der Waals surface area contributed by atoms with E-state index in [1.807, 2.05) is 29.5 Å². The summed E-state index contributed by atoms with van der Waals surface area (Å²) in [6.45, 7) is 2.00. The van der Waals surface area contributed by atoms with Crippen molar-refractivity contribution in [3.63, 3.8) is 0 Å². The fourth-order valence-corrected chi connectivity index (χ4v) is 1.23. The van der Waals surface area contributed by atoms with Crippen LogP contribution >= 0.6 is 0 Å². The number of nitrogens with zero attached hydrogens (tertiary/aromatic N) is 2. The molecule has 3 nitrogen and oxygen atoms in total. The highest BCUT2D eigenvalue weighted by Crippen LogP contribution is 2.10. The number of aromatic nitrogens is 2. The summed E-state index contributed by atoms with van der Waals surface area (Å²) in [5.41, 5.74) is 7.69. The van der Waals surface area contributed by atoms with Crippen molar-refractivity contribution in [2.45, 2.75) is 6.92 Å². The van der Waals surface area contributed by atoms with Crippen molar-refractivity contribution >= 4 is 11.5 Å². The van der Waals surface area contributed by atoms with Gasteiger partial charge < -0.3 is 5.73 Å². The topological polar surface area (TPSA) is 43.3 Å². The Morgan fingerprint density at radius 3 is 3.00 bits per heavy atom. The quantitative estimate of drug-likeness (QED) is 0.609. The summed E-state index contributed by atoms with van der Waals surface area (Å²) in [5, 5.41) is 0. The molecule has 0 atom stereocenters. The first-order valence-corrected chi connectivity index (χ1v) is 3.47. The maximum absolute atomic E-state index is 5.68. The molecule has 0 aliphatic carbocycles. The summed E-state index contributed by atoms with van der Waals surface area (Å²) in [7, 11) is 0. The number of anilines is 1. The van der Waals surface area contributed by atoms with Gasteiger partial charge in [0.15, 0.2) is 0 Å². The van der Waals surface area contributed by atoms with Crippen molar-refractivity contribution in [3.05, 3.63) is 30.1 Å². The van der Waals surface area contributed by atoms with Crippen LogP contribution in [0.3, 0.4) is 0 Å². The van der Waals surface area contributed by atoms with E-state index in [9.17, 15) is 0 Å². The average Bonchev–Trinajstić information content (AvgIpc) is 2.34. The number of rotatable bonds is 0. The Morgan fingerprint density at radius 1 is 1.45 bits per heavy atom. The molecular formula is C8H9N3. The Labute approximate surface area is 64.5 Å². The predicted molar refractivity (Wildman–Crippen MR) is 44.3 cm³/mol. The third-order valence-corrected chi connectivity index (χ3v) is 1.75. The van der Waals surface area contributed by atoms with Gasteiger partial charge in [-0.3, -0.25) is 4.40 Å². The summed E-state index contributed by atoms with van der Waals surface area (Å²) in [6, 6.07) is 5.91. The molecule has 2 N–H and O–H groups in total. The van der Waals surface area contributed by atoms with Gasteiger partial charge in [0.2, 0.25) is 0 Å². The second kappa shape index (κ2) is 1.99. The SMILES string of the molecule is Cc1cccc2ncc(N)n12. The van der Waals surface area contributed by atoms with Gasteiger partial charge in [-0.1, -0.05) is 6.07 Å². The van der Waals surface area contributed by atoms with E-state index in [0.29, 0.717) is 5.82 Å². The Morgan fingerprint density at radius 2 is 2.27 bits per heavy atom. The van der Waals surface area contributed by atoms with E-state index in [1.54, 1.807) is 6.20 Å². The molecule has 2 rings (SSSR count). The summed E-state index contributed by atoms with van der Waals surface area (Å²) in [4.78, 5) is 4.12. The van der Waals surface area contributed by atoms with E-state index in [2.05, 4.69) is 4.98 Å². The molecule has 2 aromatic rings. The molecule has 0 spiro atoms. The minimum Gasteiger partial charge on any atom is -0.383 e. The molecule has 0 aliphatic rings. The highest BCUT2D eigenvalue weighted by atomic mass is 15.1. The number of hydrogen-bond donors (Lipinski definition) is 1. The van der Waals surface area contributed by atoms with E-state index >= 15 is 0 Å². The Balaban J connectivity index is 2.96. The highest BCUT2D eigenvalue weighted by Gasteiger charge is 1.99. The first kappa shape index (κ1) is 6.22. The largest absolute Gasteiger partial charge is 0.383 e. The van der Waals surface area contributed by atoms with Crippen molar-refractivity contribution in [1.82, 2.24) is 9.38 Å². The maximum atomic E-state index is 5.68. The van der Waals surface area contributed by atoms with Crippen molar-refractivity contribution in [3.8, 4) is 0 Å². The zero-order valence-corrected chi connectivity index (χ0v) is 6.28. The lowest BCUT2D eigenvalue weighted by Gasteiger charge is -1.99. The normalized spacial score (nSPS) is 10.6. The predicted octanol–water partition coefficient (Wildman–Crippen LogP) is 1.22. The van der Waals surface area contributed by atoms with Crippen molar-refractivity contribution < 1.29 is 0 Å². The van der Waals surface area contributed by atoms with Crippen LogP contribution in [0.1, 0.15) is 5.69 Å². The molecule has 2 aromatic heterocycles. The molecule has 2 heterocycles. The summed E-state index contributed by atoms with van der Waals surface area (Å²) >= 11 is 0. The molecule has 0 bridgehead atoms. The number of pyridine rings is 1. The molecule has 0 fully saturated rings. The lowest BCUT2D eigenvalue weighted by molar-refractivity contribution is 1.10. The second-order valence-corrected chi connectivity index (χ2v) is 2.54. The van der Waals surface area contributed by atoms with Gasteiger partial charge in [0.05, 0.1) is 6.20 Å². The minimum atomic E-state index is 0.693. The van der Waals surface area contributed by atoms with Crippen LogP contribution < -0.4 is 5.73 Å². The van der Waals surface area contributed by atoms with Crippen LogP contribution in [-0.2, 0) is 0 Å². The first-order chi connectivity index (χ1) is 5.29. The molecule has 0 saturated heterocycles. The van der Waals surface area contributed by atoms with Crippen molar-refractivity contribution in [2.24, 2.45) is 0 Å². The third-order valence-electron chi connectivity index (χ3n) is 1.75. The number of aryl methyl sites for hydroxylation is 1. The summed E-state index contributed by atoms with van der Waals surface area (Å²) in [6.07, 6.45) is 1.67. The van der Waals surface area contributed by atoms with E-state index < -0.39 is 0 Å². The molecule has 11 heavy (non-hydrogen) atoms. The van der Waals surface area contributed by atoms with Gasteiger partial charge in [-0.15, -0.1) is 0 Å². The molecule has 0 aliphatic heterocycles. The molecule has 0 radical (unpaired) electrons. The van der Waals surface area contributed by atoms with Crippen LogP contribution in [0.4, 0.5) is 5.82 Å². The number of hydrogen-bond acceptors (Lipinski definition) is 2. The van der Waals surface area contributed by atoms with Gasteiger partial charge in [-0.2, -0.15) is 0 Å². The van der Waals surface area contributed by atoms with E-state index in [-0.39, 0.29) is 0 Å². The van der Waals surface area contributed by atoms with Crippen LogP contribution in [0.15, 0.2) is 24.4 Å². The number of fused-ring (bicyclic) bond motifs is 1. The molecule has 56 valence electrons. The van der Waals surface area contributed by atoms with Gasteiger partial charge in [-0.25, -0.2) is 4.98 Å². The standard InChI is InChI=1S/C8H9N3/c1-6-3-2-4-8-10-5-7(9)11(6)8/h2-5H,9H2,1H3. The van der Waals surface area contributed by atoms with Crippen LogP contribution in [0.25, 0.3) is 5.65 Å².